The van der Waals surface area contributed by atoms with Gasteiger partial charge in [0.2, 0.25) is 0 Å². The second kappa shape index (κ2) is 10.9. The van der Waals surface area contributed by atoms with Crippen molar-refractivity contribution in [3.8, 4) is 0 Å². The van der Waals surface area contributed by atoms with Crippen molar-refractivity contribution in [3.05, 3.63) is 71.8 Å². The van der Waals surface area contributed by atoms with E-state index >= 15 is 0 Å². The number of nitrogens with two attached hydrogens (primary N) is 1. The van der Waals surface area contributed by atoms with Gasteiger partial charge in [-0.3, -0.25) is 0 Å². The Hall–Kier alpha value is -1.76. The van der Waals surface area contributed by atoms with Crippen LogP contribution in [0.3, 0.4) is 0 Å². The van der Waals surface area contributed by atoms with E-state index in [0.717, 1.165) is 12.0 Å². The van der Waals surface area contributed by atoms with Crippen molar-refractivity contribution in [2.75, 3.05) is 6.61 Å². The third-order valence-corrected chi connectivity index (χ3v) is 7.06. The Balaban J connectivity index is 1.51. The molecule has 0 amide bonds. The topological polar surface area (TPSA) is 62.9 Å². The predicted molar refractivity (Wildman–Crippen MR) is 125 cm³/mol. The first-order chi connectivity index (χ1) is 15.5. The standard InChI is InChI=1S/C27H37NO4/c1-18-19(2)31-26(15-24(18)28)32-25-17-29-20(3)27(30-16-22-12-8-5-9-13-22)23(25)14-21-10-6-4-7-11-21/h4-13,18-20,23-27H,14-17,28H2,1-3H3. The van der Waals surface area contributed by atoms with Crippen LogP contribution >= 0.6 is 0 Å². The van der Waals surface area contributed by atoms with E-state index in [2.05, 4.69) is 57.2 Å². The summed E-state index contributed by atoms with van der Waals surface area (Å²) in [6.45, 7) is 7.40. The molecule has 2 fully saturated rings. The third-order valence-electron chi connectivity index (χ3n) is 7.06. The van der Waals surface area contributed by atoms with Gasteiger partial charge in [0.15, 0.2) is 6.29 Å². The average molecular weight is 440 g/mol. The molecular formula is C27H37NO4. The summed E-state index contributed by atoms with van der Waals surface area (Å²) in [6.07, 6.45) is 1.11. The summed E-state index contributed by atoms with van der Waals surface area (Å²) >= 11 is 0. The molecule has 0 spiro atoms. The van der Waals surface area contributed by atoms with E-state index in [1.165, 1.54) is 5.56 Å². The van der Waals surface area contributed by atoms with Crippen LogP contribution in [0.5, 0.6) is 0 Å². The van der Waals surface area contributed by atoms with Gasteiger partial charge in [-0.05, 0) is 37.3 Å². The van der Waals surface area contributed by atoms with Crippen LogP contribution in [0.15, 0.2) is 60.7 Å². The van der Waals surface area contributed by atoms with Gasteiger partial charge < -0.3 is 24.7 Å². The summed E-state index contributed by atoms with van der Waals surface area (Å²) in [7, 11) is 0. The van der Waals surface area contributed by atoms with Crippen LogP contribution in [0.1, 0.15) is 38.3 Å². The average Bonchev–Trinajstić information content (AvgIpc) is 2.80. The quantitative estimate of drug-likeness (QED) is 0.696. The first kappa shape index (κ1) is 23.4. The number of rotatable bonds is 7. The van der Waals surface area contributed by atoms with E-state index < -0.39 is 0 Å². The van der Waals surface area contributed by atoms with Crippen molar-refractivity contribution in [2.24, 2.45) is 17.6 Å². The van der Waals surface area contributed by atoms with Crippen LogP contribution in [-0.4, -0.2) is 43.4 Å². The minimum atomic E-state index is -0.314. The smallest absolute Gasteiger partial charge is 0.159 e. The Morgan fingerprint density at radius 2 is 1.56 bits per heavy atom. The normalized spacial score (nSPS) is 35.5. The highest BCUT2D eigenvalue weighted by molar-refractivity contribution is 5.17. The molecule has 0 aliphatic carbocycles. The van der Waals surface area contributed by atoms with Gasteiger partial charge in [0, 0.05) is 18.4 Å². The van der Waals surface area contributed by atoms with Gasteiger partial charge in [0.05, 0.1) is 37.6 Å². The Kier molecular flexibility index (Phi) is 7.98. The molecule has 8 atom stereocenters. The molecule has 4 rings (SSSR count). The molecule has 0 aromatic heterocycles. The molecule has 32 heavy (non-hydrogen) atoms. The van der Waals surface area contributed by atoms with Crippen molar-refractivity contribution in [1.82, 2.24) is 0 Å². The fourth-order valence-corrected chi connectivity index (χ4v) is 4.81. The molecule has 0 saturated carbocycles. The molecule has 2 aromatic carbocycles. The molecular weight excluding hydrogens is 402 g/mol. The lowest BCUT2D eigenvalue weighted by molar-refractivity contribution is -0.270. The van der Waals surface area contributed by atoms with E-state index in [9.17, 15) is 0 Å². The molecule has 2 aliphatic rings. The maximum absolute atomic E-state index is 6.53. The Morgan fingerprint density at radius 1 is 0.906 bits per heavy atom. The highest BCUT2D eigenvalue weighted by Gasteiger charge is 2.42. The molecule has 2 aromatic rings. The summed E-state index contributed by atoms with van der Waals surface area (Å²) in [6, 6.07) is 20.9. The number of ether oxygens (including phenoxy) is 4. The highest BCUT2D eigenvalue weighted by atomic mass is 16.7. The maximum Gasteiger partial charge on any atom is 0.159 e. The molecule has 5 heteroatoms. The third kappa shape index (κ3) is 5.77. The monoisotopic (exact) mass is 439 g/mol. The zero-order valence-corrected chi connectivity index (χ0v) is 19.4. The Labute approximate surface area is 192 Å². The zero-order chi connectivity index (χ0) is 22.5. The first-order valence-corrected chi connectivity index (χ1v) is 11.9. The van der Waals surface area contributed by atoms with Gasteiger partial charge in [-0.2, -0.15) is 0 Å². The highest BCUT2D eigenvalue weighted by Crippen LogP contribution is 2.33. The van der Waals surface area contributed by atoms with Crippen LogP contribution in [0.25, 0.3) is 0 Å². The molecule has 8 unspecified atom stereocenters. The largest absolute Gasteiger partial charge is 0.373 e. The van der Waals surface area contributed by atoms with Crippen LogP contribution < -0.4 is 5.73 Å². The van der Waals surface area contributed by atoms with Crippen LogP contribution in [0, 0.1) is 11.8 Å². The van der Waals surface area contributed by atoms with Crippen LogP contribution in [0.4, 0.5) is 0 Å². The number of hydrogen-bond acceptors (Lipinski definition) is 5. The number of hydrogen-bond donors (Lipinski definition) is 1. The molecule has 2 saturated heterocycles. The second-order valence-corrected chi connectivity index (χ2v) is 9.36. The van der Waals surface area contributed by atoms with Crippen molar-refractivity contribution in [1.29, 1.82) is 0 Å². The minimum Gasteiger partial charge on any atom is -0.373 e. The summed E-state index contributed by atoms with van der Waals surface area (Å²) in [4.78, 5) is 0. The molecule has 174 valence electrons. The molecule has 2 N–H and O–H groups in total. The van der Waals surface area contributed by atoms with Crippen molar-refractivity contribution >= 4 is 0 Å². The molecule has 2 heterocycles. The van der Waals surface area contributed by atoms with Crippen LogP contribution in [-0.2, 0) is 32.0 Å². The fraction of sp³-hybridized carbons (Fsp3) is 0.556. The first-order valence-electron chi connectivity index (χ1n) is 11.9. The van der Waals surface area contributed by atoms with Gasteiger partial charge >= 0.3 is 0 Å². The lowest BCUT2D eigenvalue weighted by Gasteiger charge is -2.44. The summed E-state index contributed by atoms with van der Waals surface area (Å²) < 4.78 is 25.3. The summed E-state index contributed by atoms with van der Waals surface area (Å²) in [5.41, 5.74) is 8.80. The van der Waals surface area contributed by atoms with Crippen molar-refractivity contribution < 1.29 is 18.9 Å². The number of benzene rings is 2. The van der Waals surface area contributed by atoms with Gasteiger partial charge in [-0.15, -0.1) is 0 Å². The molecule has 0 radical (unpaired) electrons. The van der Waals surface area contributed by atoms with E-state index in [0.29, 0.717) is 25.6 Å². The second-order valence-electron chi connectivity index (χ2n) is 9.36. The minimum absolute atomic E-state index is 0.0132. The fourth-order valence-electron chi connectivity index (χ4n) is 4.81. The van der Waals surface area contributed by atoms with Gasteiger partial charge in [-0.25, -0.2) is 0 Å². The molecule has 5 nitrogen and oxygen atoms in total. The summed E-state index contributed by atoms with van der Waals surface area (Å²) in [5.74, 6) is 0.471. The lowest BCUT2D eigenvalue weighted by Crippen LogP contribution is -2.54. The Morgan fingerprint density at radius 3 is 2.22 bits per heavy atom. The van der Waals surface area contributed by atoms with Crippen molar-refractivity contribution in [3.63, 3.8) is 0 Å². The summed E-state index contributed by atoms with van der Waals surface area (Å²) in [5, 5.41) is 0. The molecule has 0 bridgehead atoms. The van der Waals surface area contributed by atoms with E-state index in [-0.39, 0.29) is 42.7 Å². The lowest BCUT2D eigenvalue weighted by atomic mass is 9.84. The maximum atomic E-state index is 6.53. The molecule has 2 aliphatic heterocycles. The zero-order valence-electron chi connectivity index (χ0n) is 19.4. The van der Waals surface area contributed by atoms with E-state index in [1.807, 2.05) is 24.3 Å². The Bertz CT molecular complexity index is 805. The van der Waals surface area contributed by atoms with E-state index in [4.69, 9.17) is 24.7 Å². The van der Waals surface area contributed by atoms with E-state index in [1.54, 1.807) is 0 Å². The van der Waals surface area contributed by atoms with Gasteiger partial charge in [0.1, 0.15) is 0 Å². The van der Waals surface area contributed by atoms with Crippen molar-refractivity contribution in [2.45, 2.75) is 77.0 Å². The van der Waals surface area contributed by atoms with Gasteiger partial charge in [0.25, 0.3) is 0 Å². The predicted octanol–water partition coefficient (Wildman–Crippen LogP) is 4.33. The van der Waals surface area contributed by atoms with Gasteiger partial charge in [-0.1, -0.05) is 67.6 Å². The van der Waals surface area contributed by atoms with Crippen LogP contribution in [0.2, 0.25) is 0 Å². The SMILES string of the molecule is CC1OC(OC2COC(C)C(OCc3ccccc3)C2Cc2ccccc2)CC(N)C1C.